The Balaban J connectivity index is 2.08. The molecule has 102 valence electrons. The van der Waals surface area contributed by atoms with Gasteiger partial charge in [0.2, 0.25) is 10.0 Å². The summed E-state index contributed by atoms with van der Waals surface area (Å²) in [5.41, 5.74) is 0. The van der Waals surface area contributed by atoms with Crippen molar-refractivity contribution in [1.29, 1.82) is 0 Å². The molecule has 1 atom stereocenters. The summed E-state index contributed by atoms with van der Waals surface area (Å²) in [7, 11) is -3.04. The summed E-state index contributed by atoms with van der Waals surface area (Å²) in [5, 5.41) is 3.19. The molecule has 17 heavy (non-hydrogen) atoms. The number of rotatable bonds is 9. The normalized spacial score (nSPS) is 20.9. The summed E-state index contributed by atoms with van der Waals surface area (Å²) in [4.78, 5) is 0. The Kier molecular flexibility index (Phi) is 7.50. The Labute approximate surface area is 109 Å². The van der Waals surface area contributed by atoms with E-state index in [1.807, 2.05) is 11.8 Å². The lowest BCUT2D eigenvalue weighted by Crippen LogP contribution is -2.31. The third kappa shape index (κ3) is 7.28. The molecule has 0 aromatic rings. The molecule has 0 aromatic heterocycles. The molecule has 1 heterocycles. The lowest BCUT2D eigenvalue weighted by molar-refractivity contribution is 0.542. The average Bonchev–Trinajstić information content (AvgIpc) is 2.79. The Bertz CT molecular complexity index is 288. The van der Waals surface area contributed by atoms with Crippen LogP contribution in [0.5, 0.6) is 0 Å². The molecule has 1 saturated heterocycles. The van der Waals surface area contributed by atoms with Crippen molar-refractivity contribution in [2.24, 2.45) is 5.92 Å². The van der Waals surface area contributed by atoms with E-state index in [0.717, 1.165) is 38.1 Å². The minimum absolute atomic E-state index is 0.262. The van der Waals surface area contributed by atoms with Crippen LogP contribution >= 0.6 is 11.8 Å². The first-order chi connectivity index (χ1) is 8.14. The van der Waals surface area contributed by atoms with Crippen LogP contribution in [-0.4, -0.2) is 45.3 Å². The van der Waals surface area contributed by atoms with E-state index >= 15 is 0 Å². The molecule has 0 radical (unpaired) electrons. The molecule has 0 bridgehead atoms. The van der Waals surface area contributed by atoms with Crippen molar-refractivity contribution in [3.8, 4) is 0 Å². The first-order valence-electron chi connectivity index (χ1n) is 6.40. The van der Waals surface area contributed by atoms with Crippen molar-refractivity contribution in [1.82, 2.24) is 10.0 Å². The lowest BCUT2D eigenvalue weighted by atomic mass is 10.1. The van der Waals surface area contributed by atoms with E-state index in [1.165, 1.54) is 5.75 Å². The average molecular weight is 280 g/mol. The second kappa shape index (κ2) is 8.34. The maximum atomic E-state index is 11.7. The second-order valence-corrected chi connectivity index (χ2v) is 7.53. The van der Waals surface area contributed by atoms with Gasteiger partial charge in [0.05, 0.1) is 5.75 Å². The molecule has 1 unspecified atom stereocenters. The molecular formula is C11H24N2O2S2. The van der Waals surface area contributed by atoms with Gasteiger partial charge >= 0.3 is 0 Å². The molecule has 6 heteroatoms. The van der Waals surface area contributed by atoms with Crippen LogP contribution in [0, 0.1) is 5.92 Å². The van der Waals surface area contributed by atoms with Crippen molar-refractivity contribution < 1.29 is 8.42 Å². The molecule has 4 nitrogen and oxygen atoms in total. The molecule has 0 amide bonds. The number of hydrogen-bond donors (Lipinski definition) is 2. The highest BCUT2D eigenvalue weighted by atomic mass is 32.2. The molecule has 0 spiro atoms. The fourth-order valence-corrected chi connectivity index (χ4v) is 4.28. The Morgan fingerprint density at radius 1 is 1.35 bits per heavy atom. The minimum Gasteiger partial charge on any atom is -0.317 e. The number of nitrogens with one attached hydrogen (secondary N) is 2. The molecule has 0 saturated carbocycles. The van der Waals surface area contributed by atoms with Gasteiger partial charge in [0.15, 0.2) is 0 Å². The Hall–Kier alpha value is 0.220. The number of hydrogen-bond acceptors (Lipinski definition) is 4. The summed E-state index contributed by atoms with van der Waals surface area (Å²) in [5.74, 6) is 3.08. The van der Waals surface area contributed by atoms with E-state index in [0.29, 0.717) is 12.5 Å². The minimum atomic E-state index is -3.04. The maximum absolute atomic E-state index is 11.7. The van der Waals surface area contributed by atoms with Gasteiger partial charge in [0.1, 0.15) is 0 Å². The Morgan fingerprint density at radius 3 is 2.82 bits per heavy atom. The summed E-state index contributed by atoms with van der Waals surface area (Å²) in [6, 6.07) is 0. The lowest BCUT2D eigenvalue weighted by Gasteiger charge is -2.10. The Morgan fingerprint density at radius 2 is 2.18 bits per heavy atom. The maximum Gasteiger partial charge on any atom is 0.211 e. The SMILES string of the molecule is CCNCCCCS(=O)(=O)NCC1CCSC1. The van der Waals surface area contributed by atoms with Crippen LogP contribution < -0.4 is 10.0 Å². The quantitative estimate of drug-likeness (QED) is 0.620. The summed E-state index contributed by atoms with van der Waals surface area (Å²) < 4.78 is 26.1. The van der Waals surface area contributed by atoms with E-state index in [4.69, 9.17) is 0 Å². The van der Waals surface area contributed by atoms with Gasteiger partial charge in [-0.2, -0.15) is 11.8 Å². The highest BCUT2D eigenvalue weighted by Gasteiger charge is 2.18. The van der Waals surface area contributed by atoms with Crippen LogP contribution in [0.1, 0.15) is 26.2 Å². The van der Waals surface area contributed by atoms with Crippen LogP contribution in [0.15, 0.2) is 0 Å². The molecular weight excluding hydrogens is 256 g/mol. The van der Waals surface area contributed by atoms with Crippen molar-refractivity contribution in [3.05, 3.63) is 0 Å². The zero-order chi connectivity index (χ0) is 12.6. The highest BCUT2D eigenvalue weighted by molar-refractivity contribution is 7.99. The monoisotopic (exact) mass is 280 g/mol. The van der Waals surface area contributed by atoms with Gasteiger partial charge in [-0.1, -0.05) is 6.92 Å². The molecule has 2 N–H and O–H groups in total. The van der Waals surface area contributed by atoms with Gasteiger partial charge < -0.3 is 5.32 Å². The molecule has 1 rings (SSSR count). The van der Waals surface area contributed by atoms with Gasteiger partial charge in [-0.15, -0.1) is 0 Å². The molecule has 0 aromatic carbocycles. The van der Waals surface area contributed by atoms with Crippen molar-refractivity contribution in [3.63, 3.8) is 0 Å². The first-order valence-corrected chi connectivity index (χ1v) is 9.20. The predicted octanol–water partition coefficient (Wildman–Crippen LogP) is 1.05. The molecule has 1 fully saturated rings. The van der Waals surface area contributed by atoms with E-state index in [-0.39, 0.29) is 5.75 Å². The molecule has 0 aliphatic carbocycles. The third-order valence-corrected chi connectivity index (χ3v) is 5.55. The number of sulfonamides is 1. The summed E-state index contributed by atoms with van der Waals surface area (Å²) in [6.45, 7) is 4.54. The third-order valence-electron chi connectivity index (χ3n) is 2.88. The van der Waals surface area contributed by atoms with E-state index in [9.17, 15) is 8.42 Å². The van der Waals surface area contributed by atoms with E-state index < -0.39 is 10.0 Å². The van der Waals surface area contributed by atoms with Crippen molar-refractivity contribution >= 4 is 21.8 Å². The van der Waals surface area contributed by atoms with Crippen LogP contribution in [0.2, 0.25) is 0 Å². The van der Waals surface area contributed by atoms with Crippen molar-refractivity contribution in [2.75, 3.05) is 36.9 Å². The largest absolute Gasteiger partial charge is 0.317 e. The fourth-order valence-electron chi connectivity index (χ4n) is 1.78. The van der Waals surface area contributed by atoms with Crippen molar-refractivity contribution in [2.45, 2.75) is 26.2 Å². The summed E-state index contributed by atoms with van der Waals surface area (Å²) in [6.07, 6.45) is 2.81. The van der Waals surface area contributed by atoms with Crippen LogP contribution in [-0.2, 0) is 10.0 Å². The van der Waals surface area contributed by atoms with Gasteiger partial charge in [0, 0.05) is 6.54 Å². The van der Waals surface area contributed by atoms with Crippen LogP contribution in [0.25, 0.3) is 0 Å². The smallest absolute Gasteiger partial charge is 0.211 e. The fraction of sp³-hybridized carbons (Fsp3) is 1.00. The highest BCUT2D eigenvalue weighted by Crippen LogP contribution is 2.22. The second-order valence-electron chi connectivity index (χ2n) is 4.46. The van der Waals surface area contributed by atoms with Crippen LogP contribution in [0.3, 0.4) is 0 Å². The van der Waals surface area contributed by atoms with E-state index in [1.54, 1.807) is 0 Å². The van der Waals surface area contributed by atoms with Crippen LogP contribution in [0.4, 0.5) is 0 Å². The number of unbranched alkanes of at least 4 members (excludes halogenated alkanes) is 1. The molecule has 1 aliphatic rings. The zero-order valence-corrected chi connectivity index (χ0v) is 12.2. The first kappa shape index (κ1) is 15.3. The predicted molar refractivity (Wildman–Crippen MR) is 75.0 cm³/mol. The zero-order valence-electron chi connectivity index (χ0n) is 10.6. The molecule has 1 aliphatic heterocycles. The van der Waals surface area contributed by atoms with Gasteiger partial charge in [-0.25, -0.2) is 13.1 Å². The summed E-state index contributed by atoms with van der Waals surface area (Å²) >= 11 is 1.92. The van der Waals surface area contributed by atoms with Gasteiger partial charge in [0.25, 0.3) is 0 Å². The topological polar surface area (TPSA) is 58.2 Å². The number of thioether (sulfide) groups is 1. The van der Waals surface area contributed by atoms with E-state index in [2.05, 4.69) is 17.0 Å². The van der Waals surface area contributed by atoms with Gasteiger partial charge in [-0.3, -0.25) is 0 Å². The van der Waals surface area contributed by atoms with Gasteiger partial charge in [-0.05, 0) is 49.8 Å². The standard InChI is InChI=1S/C11H24N2O2S2/c1-2-12-6-3-4-8-17(14,15)13-9-11-5-7-16-10-11/h11-13H,2-10H2,1H3.